The maximum Gasteiger partial charge on any atom is 0.261 e. The first-order chi connectivity index (χ1) is 9.93. The van der Waals surface area contributed by atoms with Crippen molar-refractivity contribution in [1.82, 2.24) is 0 Å². The number of ether oxygens (including phenoxy) is 1. The Balaban J connectivity index is 2.35. The van der Waals surface area contributed by atoms with Crippen molar-refractivity contribution in [3.8, 4) is 5.75 Å². The van der Waals surface area contributed by atoms with Crippen LogP contribution >= 0.6 is 15.9 Å². The molecule has 0 aliphatic carbocycles. The van der Waals surface area contributed by atoms with Gasteiger partial charge in [0.25, 0.3) is 5.91 Å². The van der Waals surface area contributed by atoms with Crippen molar-refractivity contribution >= 4 is 33.2 Å². The van der Waals surface area contributed by atoms with Crippen molar-refractivity contribution < 1.29 is 13.9 Å². The Morgan fingerprint density at radius 2 is 2.00 bits per heavy atom. The van der Waals surface area contributed by atoms with E-state index in [-0.39, 0.29) is 5.56 Å². The van der Waals surface area contributed by atoms with Gasteiger partial charge in [-0.2, -0.15) is 0 Å². The molecule has 0 aliphatic heterocycles. The Morgan fingerprint density at radius 3 is 2.57 bits per heavy atom. The predicted octanol–water partition coefficient (Wildman–Crippen LogP) is 3.46. The van der Waals surface area contributed by atoms with Gasteiger partial charge in [-0.15, -0.1) is 0 Å². The van der Waals surface area contributed by atoms with Crippen LogP contribution in [0.1, 0.15) is 10.4 Å². The van der Waals surface area contributed by atoms with Crippen LogP contribution in [0.25, 0.3) is 0 Å². The molecule has 0 unspecified atom stereocenters. The second-order valence-electron chi connectivity index (χ2n) is 4.41. The molecule has 2 aromatic carbocycles. The number of methoxy groups -OCH3 is 1. The van der Waals surface area contributed by atoms with Gasteiger partial charge in [0.15, 0.2) is 0 Å². The van der Waals surface area contributed by atoms with Crippen LogP contribution in [0.15, 0.2) is 40.9 Å². The lowest BCUT2D eigenvalue weighted by Gasteiger charge is -2.20. The van der Waals surface area contributed by atoms with Crippen LogP contribution in [0.2, 0.25) is 0 Å². The first-order valence-electron chi connectivity index (χ1n) is 6.10. The fourth-order valence-corrected chi connectivity index (χ4v) is 2.30. The minimum atomic E-state index is -0.637. The molecular formula is C15H14BrFN2O2. The molecule has 0 saturated carbocycles. The number of halogens is 2. The number of rotatable bonds is 3. The Kier molecular flexibility index (Phi) is 4.47. The molecule has 4 nitrogen and oxygen atoms in total. The summed E-state index contributed by atoms with van der Waals surface area (Å²) in [5.41, 5.74) is 6.78. The predicted molar refractivity (Wildman–Crippen MR) is 84.2 cm³/mol. The van der Waals surface area contributed by atoms with Crippen LogP contribution in [-0.2, 0) is 0 Å². The molecule has 2 rings (SSSR count). The first-order valence-corrected chi connectivity index (χ1v) is 6.90. The zero-order chi connectivity index (χ0) is 15.6. The van der Waals surface area contributed by atoms with E-state index in [0.717, 1.165) is 4.47 Å². The quantitative estimate of drug-likeness (QED) is 0.860. The molecule has 110 valence electrons. The third-order valence-corrected chi connectivity index (χ3v) is 3.56. The molecule has 21 heavy (non-hydrogen) atoms. The highest BCUT2D eigenvalue weighted by Gasteiger charge is 2.19. The molecule has 0 heterocycles. The summed E-state index contributed by atoms with van der Waals surface area (Å²) in [4.78, 5) is 13.7. The summed E-state index contributed by atoms with van der Waals surface area (Å²) in [6.07, 6.45) is 0. The molecule has 0 spiro atoms. The Hall–Kier alpha value is -2.08. The maximum atomic E-state index is 14.0. The lowest BCUT2D eigenvalue weighted by molar-refractivity contribution is 0.0989. The van der Waals surface area contributed by atoms with Crippen LogP contribution in [0.5, 0.6) is 5.75 Å². The molecule has 0 atom stereocenters. The molecule has 0 aromatic heterocycles. The van der Waals surface area contributed by atoms with E-state index in [2.05, 4.69) is 15.9 Å². The molecule has 6 heteroatoms. The highest BCUT2D eigenvalue weighted by Crippen LogP contribution is 2.27. The fraction of sp³-hybridized carbons (Fsp3) is 0.133. The average Bonchev–Trinajstić information content (AvgIpc) is 2.45. The van der Waals surface area contributed by atoms with E-state index in [1.165, 1.54) is 30.2 Å². The number of benzene rings is 2. The number of carbonyl (C=O) groups excluding carboxylic acids is 1. The van der Waals surface area contributed by atoms with E-state index < -0.39 is 11.7 Å². The molecule has 0 bridgehead atoms. The highest BCUT2D eigenvalue weighted by molar-refractivity contribution is 9.10. The van der Waals surface area contributed by atoms with E-state index in [4.69, 9.17) is 10.5 Å². The number of hydrogen-bond acceptors (Lipinski definition) is 3. The summed E-state index contributed by atoms with van der Waals surface area (Å²) >= 11 is 3.30. The van der Waals surface area contributed by atoms with Crippen molar-refractivity contribution in [2.24, 2.45) is 0 Å². The number of nitrogens with zero attached hydrogens (tertiary/aromatic N) is 1. The van der Waals surface area contributed by atoms with Gasteiger partial charge >= 0.3 is 0 Å². The van der Waals surface area contributed by atoms with Gasteiger partial charge in [-0.25, -0.2) is 4.39 Å². The smallest absolute Gasteiger partial charge is 0.261 e. The van der Waals surface area contributed by atoms with E-state index >= 15 is 0 Å². The third kappa shape index (κ3) is 3.16. The standard InChI is InChI=1S/C15H14BrFN2O2/c1-19(14-6-3-9(16)7-13(14)18)15(20)11-5-4-10(21-2)8-12(11)17/h3-8H,18H2,1-2H3. The van der Waals surface area contributed by atoms with E-state index in [0.29, 0.717) is 17.1 Å². The molecule has 2 N–H and O–H groups in total. The van der Waals surface area contributed by atoms with Gasteiger partial charge in [-0.1, -0.05) is 15.9 Å². The summed E-state index contributed by atoms with van der Waals surface area (Å²) < 4.78 is 19.7. The average molecular weight is 353 g/mol. The van der Waals surface area contributed by atoms with Gasteiger partial charge in [-0.05, 0) is 30.3 Å². The number of carbonyl (C=O) groups is 1. The third-order valence-electron chi connectivity index (χ3n) is 3.06. The van der Waals surface area contributed by atoms with Gasteiger partial charge in [0.05, 0.1) is 24.0 Å². The van der Waals surface area contributed by atoms with Gasteiger partial charge in [0, 0.05) is 17.6 Å². The Bertz CT molecular complexity index is 691. The molecule has 2 aromatic rings. The lowest BCUT2D eigenvalue weighted by Crippen LogP contribution is -2.27. The molecule has 0 aliphatic rings. The monoisotopic (exact) mass is 352 g/mol. The summed E-state index contributed by atoms with van der Waals surface area (Å²) in [5.74, 6) is -0.763. The maximum absolute atomic E-state index is 14.0. The van der Waals surface area contributed by atoms with Gasteiger partial charge in [-0.3, -0.25) is 4.79 Å². The number of hydrogen-bond donors (Lipinski definition) is 1. The summed E-state index contributed by atoms with van der Waals surface area (Å²) in [6.45, 7) is 0. The largest absolute Gasteiger partial charge is 0.497 e. The highest BCUT2D eigenvalue weighted by atomic mass is 79.9. The minimum Gasteiger partial charge on any atom is -0.497 e. The summed E-state index contributed by atoms with van der Waals surface area (Å²) in [6, 6.07) is 9.24. The van der Waals surface area contributed by atoms with Gasteiger partial charge in [0.1, 0.15) is 11.6 Å². The lowest BCUT2D eigenvalue weighted by atomic mass is 10.1. The van der Waals surface area contributed by atoms with E-state index in [9.17, 15) is 9.18 Å². The van der Waals surface area contributed by atoms with Crippen LogP contribution in [0.3, 0.4) is 0 Å². The SMILES string of the molecule is COc1ccc(C(=O)N(C)c2ccc(Br)cc2N)c(F)c1. The first kappa shape index (κ1) is 15.3. The molecule has 0 saturated heterocycles. The summed E-state index contributed by atoms with van der Waals surface area (Å²) in [5, 5.41) is 0. The topological polar surface area (TPSA) is 55.6 Å². The molecule has 1 amide bonds. The van der Waals surface area contributed by atoms with Crippen LogP contribution < -0.4 is 15.4 Å². The Morgan fingerprint density at radius 1 is 1.29 bits per heavy atom. The number of anilines is 2. The van der Waals surface area contributed by atoms with Crippen molar-refractivity contribution in [1.29, 1.82) is 0 Å². The van der Waals surface area contributed by atoms with E-state index in [1.807, 2.05) is 0 Å². The van der Waals surface area contributed by atoms with Gasteiger partial charge < -0.3 is 15.4 Å². The normalized spacial score (nSPS) is 10.3. The van der Waals surface area contributed by atoms with Crippen molar-refractivity contribution in [3.63, 3.8) is 0 Å². The van der Waals surface area contributed by atoms with Gasteiger partial charge in [0.2, 0.25) is 0 Å². The second-order valence-corrected chi connectivity index (χ2v) is 5.33. The molecular weight excluding hydrogens is 339 g/mol. The zero-order valence-corrected chi connectivity index (χ0v) is 13.1. The molecule has 0 fully saturated rings. The van der Waals surface area contributed by atoms with Crippen molar-refractivity contribution in [2.45, 2.75) is 0 Å². The fourth-order valence-electron chi connectivity index (χ4n) is 1.92. The number of nitrogen functional groups attached to an aromatic ring is 1. The van der Waals surface area contributed by atoms with Crippen molar-refractivity contribution in [3.05, 3.63) is 52.3 Å². The van der Waals surface area contributed by atoms with Crippen LogP contribution in [0.4, 0.5) is 15.8 Å². The number of amides is 1. The second kappa shape index (κ2) is 6.13. The zero-order valence-electron chi connectivity index (χ0n) is 11.6. The van der Waals surface area contributed by atoms with Crippen LogP contribution in [0, 0.1) is 5.82 Å². The summed E-state index contributed by atoms with van der Waals surface area (Å²) in [7, 11) is 2.98. The Labute approximate surface area is 130 Å². The van der Waals surface area contributed by atoms with Crippen molar-refractivity contribution in [2.75, 3.05) is 24.8 Å². The van der Waals surface area contributed by atoms with Crippen LogP contribution in [-0.4, -0.2) is 20.1 Å². The van der Waals surface area contributed by atoms with E-state index in [1.54, 1.807) is 25.2 Å². The number of nitrogens with two attached hydrogens (primary N) is 1. The minimum absolute atomic E-state index is 0.0411. The molecule has 0 radical (unpaired) electrons.